The van der Waals surface area contributed by atoms with Crippen LogP contribution in [0, 0.1) is 5.92 Å². The largest absolute Gasteiger partial charge is 0.383 e. The zero-order chi connectivity index (χ0) is 9.42. The maximum atomic E-state index is 5.76. The molecule has 1 aliphatic carbocycles. The molecule has 4 nitrogen and oxygen atoms in total. The Bertz CT molecular complexity index is 335. The Labute approximate surface area is 77.4 Å². The van der Waals surface area contributed by atoms with Crippen LogP contribution in [0.1, 0.15) is 24.6 Å². The number of hydrogen-bond donors (Lipinski definition) is 2. The topological polar surface area (TPSA) is 77.8 Å². The molecule has 0 radical (unpaired) electrons. The summed E-state index contributed by atoms with van der Waals surface area (Å²) >= 11 is 0. The van der Waals surface area contributed by atoms with Crippen molar-refractivity contribution < 1.29 is 0 Å². The summed E-state index contributed by atoms with van der Waals surface area (Å²) in [6.07, 6.45) is 3.14. The first-order valence-corrected chi connectivity index (χ1v) is 4.57. The number of fused-ring (bicyclic) bond motifs is 1. The van der Waals surface area contributed by atoms with Crippen molar-refractivity contribution in [3.8, 4) is 0 Å². The van der Waals surface area contributed by atoms with Gasteiger partial charge in [0.15, 0.2) is 0 Å². The van der Waals surface area contributed by atoms with E-state index in [4.69, 9.17) is 11.5 Å². The maximum absolute atomic E-state index is 5.76. The van der Waals surface area contributed by atoms with E-state index in [2.05, 4.69) is 16.9 Å². The molecule has 13 heavy (non-hydrogen) atoms. The monoisotopic (exact) mass is 178 g/mol. The third-order valence-electron chi connectivity index (χ3n) is 2.57. The van der Waals surface area contributed by atoms with Crippen LogP contribution in [0.3, 0.4) is 0 Å². The highest BCUT2D eigenvalue weighted by Gasteiger charge is 2.19. The van der Waals surface area contributed by atoms with Crippen molar-refractivity contribution >= 4 is 11.8 Å². The first kappa shape index (κ1) is 8.29. The highest BCUT2D eigenvalue weighted by Crippen LogP contribution is 2.27. The fourth-order valence-electron chi connectivity index (χ4n) is 1.83. The smallest absolute Gasteiger partial charge is 0.222 e. The van der Waals surface area contributed by atoms with Crippen molar-refractivity contribution in [1.29, 1.82) is 0 Å². The predicted octanol–water partition coefficient (Wildman–Crippen LogP) is 0.766. The second-order valence-corrected chi connectivity index (χ2v) is 3.74. The zero-order valence-corrected chi connectivity index (χ0v) is 7.75. The summed E-state index contributed by atoms with van der Waals surface area (Å²) < 4.78 is 0. The molecule has 0 aromatic carbocycles. The number of aromatic nitrogens is 2. The van der Waals surface area contributed by atoms with Crippen LogP contribution in [-0.4, -0.2) is 9.97 Å². The Hall–Kier alpha value is -1.32. The first-order chi connectivity index (χ1) is 6.16. The fraction of sp³-hybridized carbons (Fsp3) is 0.556. The molecule has 1 heterocycles. The van der Waals surface area contributed by atoms with Crippen molar-refractivity contribution in [2.45, 2.75) is 26.2 Å². The van der Waals surface area contributed by atoms with Gasteiger partial charge in [0, 0.05) is 5.56 Å². The van der Waals surface area contributed by atoms with E-state index in [1.807, 2.05) is 0 Å². The summed E-state index contributed by atoms with van der Waals surface area (Å²) in [6, 6.07) is 0. The lowest BCUT2D eigenvalue weighted by atomic mass is 9.88. The molecule has 4 N–H and O–H groups in total. The molecule has 1 atom stereocenters. The van der Waals surface area contributed by atoms with Crippen molar-refractivity contribution in [3.05, 3.63) is 11.3 Å². The molecule has 2 rings (SSSR count). The van der Waals surface area contributed by atoms with Crippen LogP contribution in [0.2, 0.25) is 0 Å². The molecular formula is C9H14N4. The highest BCUT2D eigenvalue weighted by atomic mass is 15.0. The van der Waals surface area contributed by atoms with Crippen LogP contribution in [0.15, 0.2) is 0 Å². The van der Waals surface area contributed by atoms with Crippen LogP contribution in [0.5, 0.6) is 0 Å². The molecule has 0 spiro atoms. The van der Waals surface area contributed by atoms with Gasteiger partial charge in [-0.25, -0.2) is 4.98 Å². The molecule has 1 aromatic heterocycles. The van der Waals surface area contributed by atoms with E-state index in [-0.39, 0.29) is 0 Å². The average Bonchev–Trinajstić information content (AvgIpc) is 2.02. The third kappa shape index (κ3) is 1.43. The number of hydrogen-bond acceptors (Lipinski definition) is 4. The molecule has 1 aliphatic rings. The van der Waals surface area contributed by atoms with Gasteiger partial charge in [0.1, 0.15) is 5.82 Å². The number of anilines is 2. The van der Waals surface area contributed by atoms with Crippen molar-refractivity contribution in [1.82, 2.24) is 9.97 Å². The quantitative estimate of drug-likeness (QED) is 0.615. The van der Waals surface area contributed by atoms with E-state index in [9.17, 15) is 0 Å². The number of nitrogens with zero attached hydrogens (tertiary/aromatic N) is 2. The van der Waals surface area contributed by atoms with Gasteiger partial charge in [-0.1, -0.05) is 6.92 Å². The molecule has 0 aliphatic heterocycles. The predicted molar refractivity (Wildman–Crippen MR) is 52.0 cm³/mol. The van der Waals surface area contributed by atoms with Gasteiger partial charge in [0.05, 0.1) is 5.69 Å². The van der Waals surface area contributed by atoms with Crippen LogP contribution < -0.4 is 11.5 Å². The summed E-state index contributed by atoms with van der Waals surface area (Å²) in [5.74, 6) is 1.54. The van der Waals surface area contributed by atoms with Crippen LogP contribution in [-0.2, 0) is 12.8 Å². The molecule has 0 amide bonds. The number of nitrogen functional groups attached to an aromatic ring is 2. The Balaban J connectivity index is 2.47. The minimum absolute atomic E-state index is 0.297. The van der Waals surface area contributed by atoms with Crippen molar-refractivity contribution in [2.75, 3.05) is 11.5 Å². The fourth-order valence-corrected chi connectivity index (χ4v) is 1.83. The Morgan fingerprint density at radius 2 is 2.08 bits per heavy atom. The maximum Gasteiger partial charge on any atom is 0.222 e. The minimum Gasteiger partial charge on any atom is -0.383 e. The van der Waals surface area contributed by atoms with E-state index in [0.717, 1.165) is 24.1 Å². The molecule has 70 valence electrons. The molecule has 0 saturated carbocycles. The van der Waals surface area contributed by atoms with E-state index in [1.165, 1.54) is 6.42 Å². The van der Waals surface area contributed by atoms with Gasteiger partial charge in [0.25, 0.3) is 0 Å². The lowest BCUT2D eigenvalue weighted by Gasteiger charge is -2.21. The Morgan fingerprint density at radius 1 is 1.31 bits per heavy atom. The Kier molecular flexibility index (Phi) is 1.83. The van der Waals surface area contributed by atoms with Gasteiger partial charge in [-0.2, -0.15) is 4.98 Å². The van der Waals surface area contributed by atoms with E-state index in [0.29, 0.717) is 17.7 Å². The summed E-state index contributed by atoms with van der Waals surface area (Å²) in [5, 5.41) is 0. The summed E-state index contributed by atoms with van der Waals surface area (Å²) in [7, 11) is 0. The van der Waals surface area contributed by atoms with Crippen LogP contribution >= 0.6 is 0 Å². The molecule has 0 unspecified atom stereocenters. The summed E-state index contributed by atoms with van der Waals surface area (Å²) in [4.78, 5) is 8.17. The van der Waals surface area contributed by atoms with Gasteiger partial charge in [0.2, 0.25) is 5.95 Å². The molecule has 0 fully saturated rings. The Morgan fingerprint density at radius 3 is 2.85 bits per heavy atom. The summed E-state index contributed by atoms with van der Waals surface area (Å²) in [5.41, 5.74) is 13.4. The van der Waals surface area contributed by atoms with Crippen LogP contribution in [0.4, 0.5) is 11.8 Å². The normalized spacial score (nSPS) is 21.2. The zero-order valence-electron chi connectivity index (χ0n) is 7.75. The standard InChI is InChI=1S/C9H14N4/c1-5-2-3-6-7(4-5)12-9(11)13-8(6)10/h5H,2-4H2,1H3,(H4,10,11,12,13)/t5-/m0/s1. The SMILES string of the molecule is C[C@H]1CCc2c(N)nc(N)nc2C1. The van der Waals surface area contributed by atoms with Gasteiger partial charge >= 0.3 is 0 Å². The lowest BCUT2D eigenvalue weighted by Crippen LogP contribution is -2.17. The third-order valence-corrected chi connectivity index (χ3v) is 2.57. The molecule has 0 bridgehead atoms. The molecular weight excluding hydrogens is 164 g/mol. The minimum atomic E-state index is 0.297. The molecule has 1 aromatic rings. The lowest BCUT2D eigenvalue weighted by molar-refractivity contribution is 0.492. The van der Waals surface area contributed by atoms with Crippen molar-refractivity contribution in [2.24, 2.45) is 5.92 Å². The van der Waals surface area contributed by atoms with Gasteiger partial charge in [-0.05, 0) is 25.2 Å². The first-order valence-electron chi connectivity index (χ1n) is 4.57. The molecule has 0 saturated heterocycles. The van der Waals surface area contributed by atoms with E-state index >= 15 is 0 Å². The molecule has 4 heteroatoms. The summed E-state index contributed by atoms with van der Waals surface area (Å²) in [6.45, 7) is 2.22. The average molecular weight is 178 g/mol. The van der Waals surface area contributed by atoms with E-state index < -0.39 is 0 Å². The highest BCUT2D eigenvalue weighted by molar-refractivity contribution is 5.46. The van der Waals surface area contributed by atoms with Gasteiger partial charge in [-0.15, -0.1) is 0 Å². The second kappa shape index (κ2) is 2.87. The number of rotatable bonds is 0. The van der Waals surface area contributed by atoms with E-state index in [1.54, 1.807) is 0 Å². The second-order valence-electron chi connectivity index (χ2n) is 3.74. The van der Waals surface area contributed by atoms with Crippen LogP contribution in [0.25, 0.3) is 0 Å². The number of nitrogens with two attached hydrogens (primary N) is 2. The van der Waals surface area contributed by atoms with Gasteiger partial charge < -0.3 is 11.5 Å². The van der Waals surface area contributed by atoms with Crippen molar-refractivity contribution in [3.63, 3.8) is 0 Å². The van der Waals surface area contributed by atoms with Gasteiger partial charge in [-0.3, -0.25) is 0 Å².